The molecular formula is C45H26S. The fourth-order valence-electron chi connectivity index (χ4n) is 8.91. The molecule has 0 atom stereocenters. The van der Waals surface area contributed by atoms with Crippen molar-refractivity contribution in [3.63, 3.8) is 0 Å². The van der Waals surface area contributed by atoms with Gasteiger partial charge in [-0.05, 0) is 101 Å². The van der Waals surface area contributed by atoms with Crippen LogP contribution in [-0.2, 0) is 5.41 Å². The molecule has 212 valence electrons. The molecule has 2 aliphatic carbocycles. The van der Waals surface area contributed by atoms with Gasteiger partial charge in [0.25, 0.3) is 0 Å². The molecule has 46 heavy (non-hydrogen) atoms. The predicted octanol–water partition coefficient (Wildman–Crippen LogP) is 12.1. The minimum absolute atomic E-state index is 0.376. The van der Waals surface area contributed by atoms with E-state index in [9.17, 15) is 0 Å². The second-order valence-electron chi connectivity index (χ2n) is 12.7. The van der Waals surface area contributed by atoms with Crippen molar-refractivity contribution >= 4 is 33.3 Å². The molecule has 3 aliphatic rings. The lowest BCUT2D eigenvalue weighted by molar-refractivity contribution is 0.795. The average Bonchev–Trinajstić information content (AvgIpc) is 3.59. The highest BCUT2D eigenvalue weighted by atomic mass is 32.2. The second kappa shape index (κ2) is 8.88. The van der Waals surface area contributed by atoms with Gasteiger partial charge in [0.2, 0.25) is 0 Å². The smallest absolute Gasteiger partial charge is 0.0725 e. The van der Waals surface area contributed by atoms with Gasteiger partial charge in [0.15, 0.2) is 0 Å². The quantitative estimate of drug-likeness (QED) is 0.181. The summed E-state index contributed by atoms with van der Waals surface area (Å²) in [5.41, 5.74) is 15.8. The van der Waals surface area contributed by atoms with Crippen LogP contribution >= 0.6 is 11.8 Å². The van der Waals surface area contributed by atoms with Gasteiger partial charge in [0.1, 0.15) is 0 Å². The van der Waals surface area contributed by atoms with Crippen molar-refractivity contribution in [2.24, 2.45) is 0 Å². The van der Waals surface area contributed by atoms with Gasteiger partial charge in [-0.15, -0.1) is 0 Å². The van der Waals surface area contributed by atoms with Crippen LogP contribution < -0.4 is 0 Å². The monoisotopic (exact) mass is 598 g/mol. The fourth-order valence-corrected chi connectivity index (χ4v) is 10.0. The van der Waals surface area contributed by atoms with Gasteiger partial charge in [-0.1, -0.05) is 151 Å². The first-order valence-electron chi connectivity index (χ1n) is 16.0. The molecule has 0 saturated carbocycles. The summed E-state index contributed by atoms with van der Waals surface area (Å²) in [6, 6.07) is 59.5. The summed E-state index contributed by atoms with van der Waals surface area (Å²) in [6.07, 6.45) is 0. The number of hydrogen-bond acceptors (Lipinski definition) is 1. The van der Waals surface area contributed by atoms with E-state index in [1.54, 1.807) is 0 Å². The molecule has 11 rings (SSSR count). The molecule has 8 aromatic rings. The zero-order valence-corrected chi connectivity index (χ0v) is 25.7. The van der Waals surface area contributed by atoms with Crippen LogP contribution in [0.3, 0.4) is 0 Å². The molecule has 0 aromatic heterocycles. The van der Waals surface area contributed by atoms with E-state index in [-0.39, 0.29) is 5.41 Å². The van der Waals surface area contributed by atoms with Gasteiger partial charge in [0, 0.05) is 15.2 Å². The molecule has 0 bridgehead atoms. The first-order chi connectivity index (χ1) is 22.8. The van der Waals surface area contributed by atoms with Gasteiger partial charge >= 0.3 is 0 Å². The Morgan fingerprint density at radius 1 is 0.370 bits per heavy atom. The summed E-state index contributed by atoms with van der Waals surface area (Å²) in [4.78, 5) is 2.67. The molecule has 8 aromatic carbocycles. The van der Waals surface area contributed by atoms with Gasteiger partial charge < -0.3 is 0 Å². The van der Waals surface area contributed by atoms with Gasteiger partial charge in [-0.3, -0.25) is 0 Å². The number of rotatable bonds is 1. The largest absolute Gasteiger partial charge is 0.0888 e. The van der Waals surface area contributed by atoms with Crippen LogP contribution in [0.4, 0.5) is 0 Å². The van der Waals surface area contributed by atoms with E-state index in [0.717, 1.165) is 0 Å². The van der Waals surface area contributed by atoms with Crippen LogP contribution in [0.5, 0.6) is 0 Å². The summed E-state index contributed by atoms with van der Waals surface area (Å²) >= 11 is 1.89. The number of fused-ring (bicyclic) bond motifs is 14. The molecule has 0 amide bonds. The van der Waals surface area contributed by atoms with E-state index < -0.39 is 0 Å². The van der Waals surface area contributed by atoms with Gasteiger partial charge in [-0.25, -0.2) is 0 Å². The van der Waals surface area contributed by atoms with Crippen LogP contribution in [0.15, 0.2) is 168 Å². The Labute approximate surface area is 272 Å². The molecule has 1 heteroatoms. The second-order valence-corrected chi connectivity index (χ2v) is 13.8. The number of benzene rings is 8. The normalized spacial score (nSPS) is 14.2. The highest BCUT2D eigenvalue weighted by molar-refractivity contribution is 7.99. The van der Waals surface area contributed by atoms with E-state index >= 15 is 0 Å². The van der Waals surface area contributed by atoms with Crippen LogP contribution in [0, 0.1) is 0 Å². The Hall–Kier alpha value is -5.37. The van der Waals surface area contributed by atoms with E-state index in [0.29, 0.717) is 0 Å². The summed E-state index contributed by atoms with van der Waals surface area (Å²) < 4.78 is 0. The molecule has 0 N–H and O–H groups in total. The third kappa shape index (κ3) is 2.97. The van der Waals surface area contributed by atoms with Crippen molar-refractivity contribution in [2.75, 3.05) is 0 Å². The van der Waals surface area contributed by atoms with E-state index in [2.05, 4.69) is 158 Å². The highest BCUT2D eigenvalue weighted by Crippen LogP contribution is 2.64. The van der Waals surface area contributed by atoms with Crippen molar-refractivity contribution in [3.05, 3.63) is 180 Å². The summed E-state index contributed by atoms with van der Waals surface area (Å²) in [6.45, 7) is 0. The molecule has 0 nitrogen and oxygen atoms in total. The standard InChI is InChI=1S/C45H26S/c1-2-11-30-27(10-1)21-24-39-43(30)36-22-20-28(26-40(36)45(39)37-17-6-3-12-31(37)32-13-4-7-18-38(32)45)29-23-25-42-44-34(29)15-9-16-35(44)33-14-5-8-19-41(33)46-42/h1-26H. The number of hydrogen-bond donors (Lipinski definition) is 0. The highest BCUT2D eigenvalue weighted by Gasteiger charge is 2.52. The zero-order chi connectivity index (χ0) is 30.0. The molecule has 0 fully saturated rings. The SMILES string of the molecule is c1ccc2c(c1)Sc1ccc(-c3ccc4c(c3)C3(c5ccccc5-c5ccccc53)c3ccc5ccccc5c3-4)c3cccc-2c13. The van der Waals surface area contributed by atoms with E-state index in [1.807, 2.05) is 11.8 Å². The maximum absolute atomic E-state index is 2.52. The Balaban J connectivity index is 1.24. The third-order valence-electron chi connectivity index (χ3n) is 10.7. The Morgan fingerprint density at radius 2 is 1.04 bits per heavy atom. The van der Waals surface area contributed by atoms with Crippen molar-refractivity contribution in [1.82, 2.24) is 0 Å². The van der Waals surface area contributed by atoms with Crippen LogP contribution in [0.1, 0.15) is 22.3 Å². The third-order valence-corrected chi connectivity index (χ3v) is 11.8. The summed E-state index contributed by atoms with van der Waals surface area (Å²) in [5, 5.41) is 5.29. The van der Waals surface area contributed by atoms with Crippen LogP contribution in [0.2, 0.25) is 0 Å². The Morgan fingerprint density at radius 3 is 1.89 bits per heavy atom. The average molecular weight is 599 g/mol. The molecule has 0 saturated heterocycles. The first kappa shape index (κ1) is 24.9. The van der Waals surface area contributed by atoms with Crippen LogP contribution in [0.25, 0.3) is 66.1 Å². The Kier molecular flexibility index (Phi) is 4.80. The maximum Gasteiger partial charge on any atom is 0.0725 e. The lowest BCUT2D eigenvalue weighted by Crippen LogP contribution is -2.25. The summed E-state index contributed by atoms with van der Waals surface area (Å²) in [5.74, 6) is 0. The topological polar surface area (TPSA) is 0 Å². The minimum atomic E-state index is -0.376. The van der Waals surface area contributed by atoms with E-state index in [1.165, 1.54) is 98.1 Å². The van der Waals surface area contributed by atoms with Crippen LogP contribution in [-0.4, -0.2) is 0 Å². The van der Waals surface area contributed by atoms with Crippen molar-refractivity contribution in [3.8, 4) is 44.5 Å². The molecule has 0 radical (unpaired) electrons. The molecule has 0 unspecified atom stereocenters. The van der Waals surface area contributed by atoms with Gasteiger partial charge in [0.05, 0.1) is 5.41 Å². The maximum atomic E-state index is 2.52. The van der Waals surface area contributed by atoms with Crippen molar-refractivity contribution in [1.29, 1.82) is 0 Å². The lowest BCUT2D eigenvalue weighted by atomic mass is 9.70. The Bertz CT molecular complexity index is 2580. The first-order valence-corrected chi connectivity index (χ1v) is 16.8. The molecular weight excluding hydrogens is 573 g/mol. The molecule has 1 aliphatic heterocycles. The minimum Gasteiger partial charge on any atom is -0.0888 e. The van der Waals surface area contributed by atoms with Crippen molar-refractivity contribution in [2.45, 2.75) is 15.2 Å². The van der Waals surface area contributed by atoms with Gasteiger partial charge in [-0.2, -0.15) is 0 Å². The van der Waals surface area contributed by atoms with Crippen molar-refractivity contribution < 1.29 is 0 Å². The molecule has 1 heterocycles. The predicted molar refractivity (Wildman–Crippen MR) is 193 cm³/mol. The molecule has 1 spiro atoms. The lowest BCUT2D eigenvalue weighted by Gasteiger charge is -2.31. The zero-order valence-electron chi connectivity index (χ0n) is 24.9. The fraction of sp³-hybridized carbons (Fsp3) is 0.0222. The summed E-state index contributed by atoms with van der Waals surface area (Å²) in [7, 11) is 0. The van der Waals surface area contributed by atoms with E-state index in [4.69, 9.17) is 0 Å².